The summed E-state index contributed by atoms with van der Waals surface area (Å²) in [5.41, 5.74) is 5.54. The summed E-state index contributed by atoms with van der Waals surface area (Å²) in [6.07, 6.45) is 3.05. The van der Waals surface area contributed by atoms with Crippen molar-refractivity contribution in [3.8, 4) is 0 Å². The molecule has 1 aromatic heterocycles. The van der Waals surface area contributed by atoms with E-state index in [0.717, 1.165) is 30.2 Å². The normalized spacial score (nSPS) is 12.8. The standard InChI is InChI=1S/C10H20N4S/c1-4-5-9-12-10(15-13-9)14(3)8(2)6-7-11/h8H,4-7,11H2,1-3H3. The van der Waals surface area contributed by atoms with Crippen LogP contribution in [0.3, 0.4) is 0 Å². The zero-order valence-corrected chi connectivity index (χ0v) is 10.5. The fourth-order valence-corrected chi connectivity index (χ4v) is 2.11. The van der Waals surface area contributed by atoms with Crippen LogP contribution < -0.4 is 10.6 Å². The summed E-state index contributed by atoms with van der Waals surface area (Å²) in [5.74, 6) is 0.962. The predicted molar refractivity (Wildman–Crippen MR) is 65.4 cm³/mol. The highest BCUT2D eigenvalue weighted by Crippen LogP contribution is 2.19. The van der Waals surface area contributed by atoms with Crippen LogP contribution in [-0.4, -0.2) is 29.0 Å². The fourth-order valence-electron chi connectivity index (χ4n) is 1.34. The Kier molecular flexibility index (Phi) is 4.98. The number of hydrogen-bond acceptors (Lipinski definition) is 5. The summed E-state index contributed by atoms with van der Waals surface area (Å²) in [6, 6.07) is 0.428. The van der Waals surface area contributed by atoms with E-state index < -0.39 is 0 Å². The molecule has 1 atom stereocenters. The zero-order valence-electron chi connectivity index (χ0n) is 9.73. The monoisotopic (exact) mass is 228 g/mol. The zero-order chi connectivity index (χ0) is 11.3. The highest BCUT2D eigenvalue weighted by molar-refractivity contribution is 7.09. The minimum absolute atomic E-state index is 0.428. The van der Waals surface area contributed by atoms with Crippen molar-refractivity contribution in [1.29, 1.82) is 0 Å². The van der Waals surface area contributed by atoms with Crippen LogP contribution >= 0.6 is 11.5 Å². The van der Waals surface area contributed by atoms with Gasteiger partial charge in [0.2, 0.25) is 5.13 Å². The molecule has 0 amide bonds. The topological polar surface area (TPSA) is 55.0 Å². The molecule has 4 nitrogen and oxygen atoms in total. The Morgan fingerprint density at radius 1 is 1.53 bits per heavy atom. The number of aromatic nitrogens is 2. The highest BCUT2D eigenvalue weighted by Gasteiger charge is 2.13. The van der Waals surface area contributed by atoms with E-state index >= 15 is 0 Å². The predicted octanol–water partition coefficient (Wildman–Crippen LogP) is 1.66. The molecule has 0 saturated carbocycles. The van der Waals surface area contributed by atoms with Gasteiger partial charge in [-0.05, 0) is 26.3 Å². The van der Waals surface area contributed by atoms with Gasteiger partial charge < -0.3 is 10.6 Å². The maximum absolute atomic E-state index is 5.54. The Morgan fingerprint density at radius 2 is 2.27 bits per heavy atom. The number of rotatable bonds is 6. The average Bonchev–Trinajstić information content (AvgIpc) is 2.66. The van der Waals surface area contributed by atoms with Crippen molar-refractivity contribution in [1.82, 2.24) is 9.36 Å². The molecule has 15 heavy (non-hydrogen) atoms. The summed E-state index contributed by atoms with van der Waals surface area (Å²) in [5, 5.41) is 0.999. The Balaban J connectivity index is 2.60. The van der Waals surface area contributed by atoms with Crippen molar-refractivity contribution in [3.63, 3.8) is 0 Å². The van der Waals surface area contributed by atoms with E-state index in [-0.39, 0.29) is 0 Å². The van der Waals surface area contributed by atoms with Gasteiger partial charge in [-0.2, -0.15) is 4.37 Å². The van der Waals surface area contributed by atoms with Gasteiger partial charge in [0.1, 0.15) is 5.82 Å². The van der Waals surface area contributed by atoms with Gasteiger partial charge in [0.05, 0.1) is 0 Å². The fraction of sp³-hybridized carbons (Fsp3) is 0.800. The Hall–Kier alpha value is -0.680. The Labute approximate surface area is 95.7 Å². The van der Waals surface area contributed by atoms with E-state index in [4.69, 9.17) is 5.73 Å². The molecule has 0 aliphatic rings. The van der Waals surface area contributed by atoms with Crippen LogP contribution in [0.15, 0.2) is 0 Å². The quantitative estimate of drug-likeness (QED) is 0.804. The first kappa shape index (κ1) is 12.4. The van der Waals surface area contributed by atoms with Gasteiger partial charge in [-0.3, -0.25) is 0 Å². The minimum Gasteiger partial charge on any atom is -0.347 e. The molecule has 0 aliphatic heterocycles. The third-order valence-electron chi connectivity index (χ3n) is 2.48. The van der Waals surface area contributed by atoms with E-state index in [1.807, 2.05) is 0 Å². The van der Waals surface area contributed by atoms with E-state index in [2.05, 4.69) is 35.2 Å². The molecule has 1 rings (SSSR count). The van der Waals surface area contributed by atoms with E-state index in [1.165, 1.54) is 11.5 Å². The Morgan fingerprint density at radius 3 is 2.87 bits per heavy atom. The number of nitrogens with zero attached hydrogens (tertiary/aromatic N) is 3. The highest BCUT2D eigenvalue weighted by atomic mass is 32.1. The molecule has 0 aliphatic carbocycles. The molecule has 86 valence electrons. The second-order valence-corrected chi connectivity index (χ2v) is 4.51. The molecule has 0 saturated heterocycles. The number of anilines is 1. The van der Waals surface area contributed by atoms with Gasteiger partial charge in [-0.25, -0.2) is 4.98 Å². The lowest BCUT2D eigenvalue weighted by molar-refractivity contribution is 0.633. The van der Waals surface area contributed by atoms with Gasteiger partial charge in [-0.1, -0.05) is 6.92 Å². The van der Waals surface area contributed by atoms with Gasteiger partial charge in [-0.15, -0.1) is 0 Å². The molecule has 5 heteroatoms. The minimum atomic E-state index is 0.428. The summed E-state index contributed by atoms with van der Waals surface area (Å²) in [7, 11) is 2.05. The summed E-state index contributed by atoms with van der Waals surface area (Å²) in [4.78, 5) is 6.65. The Bertz CT molecular complexity index is 287. The molecular formula is C10H20N4S. The lowest BCUT2D eigenvalue weighted by atomic mass is 10.2. The molecule has 0 radical (unpaired) electrons. The summed E-state index contributed by atoms with van der Waals surface area (Å²) in [6.45, 7) is 5.02. The van der Waals surface area contributed by atoms with Gasteiger partial charge >= 0.3 is 0 Å². The lowest BCUT2D eigenvalue weighted by Gasteiger charge is -2.22. The first-order chi connectivity index (χ1) is 7.19. The third-order valence-corrected chi connectivity index (χ3v) is 3.32. The molecule has 1 aromatic rings. The van der Waals surface area contributed by atoms with Crippen LogP contribution in [-0.2, 0) is 6.42 Å². The van der Waals surface area contributed by atoms with E-state index in [0.29, 0.717) is 12.6 Å². The van der Waals surface area contributed by atoms with Gasteiger partial charge in [0, 0.05) is 31.0 Å². The third kappa shape index (κ3) is 3.43. The largest absolute Gasteiger partial charge is 0.347 e. The maximum atomic E-state index is 5.54. The lowest BCUT2D eigenvalue weighted by Crippen LogP contribution is -2.30. The summed E-state index contributed by atoms with van der Waals surface area (Å²) < 4.78 is 4.33. The van der Waals surface area contributed by atoms with Crippen LogP contribution in [0, 0.1) is 0 Å². The van der Waals surface area contributed by atoms with Crippen molar-refractivity contribution in [2.45, 2.75) is 39.2 Å². The van der Waals surface area contributed by atoms with Crippen LogP contribution in [0.2, 0.25) is 0 Å². The molecule has 2 N–H and O–H groups in total. The SMILES string of the molecule is CCCc1nsc(N(C)C(C)CCN)n1. The molecule has 0 spiro atoms. The second-order valence-electron chi connectivity index (χ2n) is 3.78. The van der Waals surface area contributed by atoms with Crippen molar-refractivity contribution in [2.75, 3.05) is 18.5 Å². The van der Waals surface area contributed by atoms with Crippen molar-refractivity contribution in [3.05, 3.63) is 5.82 Å². The van der Waals surface area contributed by atoms with E-state index in [1.54, 1.807) is 0 Å². The number of nitrogens with two attached hydrogens (primary N) is 1. The van der Waals surface area contributed by atoms with Crippen molar-refractivity contribution in [2.24, 2.45) is 5.73 Å². The van der Waals surface area contributed by atoms with Gasteiger partial charge in [0.25, 0.3) is 0 Å². The van der Waals surface area contributed by atoms with Crippen molar-refractivity contribution >= 4 is 16.7 Å². The van der Waals surface area contributed by atoms with Crippen LogP contribution in [0.5, 0.6) is 0 Å². The molecule has 0 bridgehead atoms. The van der Waals surface area contributed by atoms with Crippen molar-refractivity contribution < 1.29 is 0 Å². The first-order valence-corrected chi connectivity index (χ1v) is 6.21. The van der Waals surface area contributed by atoms with Gasteiger partial charge in [0.15, 0.2) is 0 Å². The molecule has 1 heterocycles. The number of aryl methyl sites for hydroxylation is 1. The molecule has 0 aromatic carbocycles. The molecule has 1 unspecified atom stereocenters. The first-order valence-electron chi connectivity index (χ1n) is 5.44. The maximum Gasteiger partial charge on any atom is 0.205 e. The number of hydrogen-bond donors (Lipinski definition) is 1. The smallest absolute Gasteiger partial charge is 0.205 e. The van der Waals surface area contributed by atoms with Crippen LogP contribution in [0.1, 0.15) is 32.5 Å². The average molecular weight is 228 g/mol. The second kappa shape index (κ2) is 6.02. The molecular weight excluding hydrogens is 208 g/mol. The van der Waals surface area contributed by atoms with Crippen LogP contribution in [0.4, 0.5) is 5.13 Å². The summed E-state index contributed by atoms with van der Waals surface area (Å²) >= 11 is 1.48. The van der Waals surface area contributed by atoms with Crippen LogP contribution in [0.25, 0.3) is 0 Å². The van der Waals surface area contributed by atoms with E-state index in [9.17, 15) is 0 Å². The molecule has 0 fully saturated rings.